The number of anilines is 2. The van der Waals surface area contributed by atoms with Crippen molar-refractivity contribution >= 4 is 67.9 Å². The van der Waals surface area contributed by atoms with Crippen molar-refractivity contribution in [3.05, 3.63) is 146 Å². The van der Waals surface area contributed by atoms with Crippen LogP contribution in [-0.2, 0) is 0 Å². The zero-order valence-corrected chi connectivity index (χ0v) is 24.5. The van der Waals surface area contributed by atoms with Gasteiger partial charge in [0.05, 0.1) is 11.4 Å². The first-order chi connectivity index (χ1) is 18.8. The van der Waals surface area contributed by atoms with E-state index >= 15 is 0 Å². The molecule has 0 amide bonds. The fourth-order valence-corrected chi connectivity index (χ4v) is 13.5. The van der Waals surface area contributed by atoms with Gasteiger partial charge in [0.2, 0.25) is 0 Å². The van der Waals surface area contributed by atoms with Crippen molar-refractivity contribution in [3.63, 3.8) is 0 Å². The first kappa shape index (κ1) is 25.4. The number of hydrogen-bond acceptors (Lipinski definition) is 2. The normalized spacial score (nSPS) is 13.3. The molecule has 1 heterocycles. The summed E-state index contributed by atoms with van der Waals surface area (Å²) >= 11 is 7.52. The van der Waals surface area contributed by atoms with Crippen LogP contribution < -0.4 is 30.3 Å². The summed E-state index contributed by atoms with van der Waals surface area (Å²) in [7, 11) is -2.73. The molecule has 0 bridgehead atoms. The maximum atomic E-state index is 7.52. The molecule has 0 aromatic heterocycles. The van der Waals surface area contributed by atoms with Crippen LogP contribution in [0.2, 0.25) is 0 Å². The quantitative estimate of drug-likeness (QED) is 0.117. The predicted octanol–water partition coefficient (Wildman–Crippen LogP) is 6.72. The predicted molar refractivity (Wildman–Crippen MR) is 171 cm³/mol. The van der Waals surface area contributed by atoms with Gasteiger partial charge in [0.25, 0.3) is 0 Å². The average Bonchev–Trinajstić information content (AvgIpc) is 3.26. The minimum Gasteiger partial charge on any atom is -0.362 e. The van der Waals surface area contributed by atoms with E-state index < -0.39 is 24.3 Å². The van der Waals surface area contributed by atoms with Crippen molar-refractivity contribution in [1.82, 2.24) is 0 Å². The zero-order valence-electron chi connectivity index (χ0n) is 20.9. The molecule has 187 valence electrons. The molecule has 2 nitrogen and oxygen atoms in total. The van der Waals surface area contributed by atoms with Gasteiger partial charge in [-0.1, -0.05) is 133 Å². The van der Waals surface area contributed by atoms with Crippen LogP contribution in [-0.4, -0.2) is 21.0 Å². The van der Waals surface area contributed by atoms with E-state index in [4.69, 9.17) is 11.1 Å². The van der Waals surface area contributed by atoms with Gasteiger partial charge >= 0.3 is 8.43 Å². The molecule has 0 unspecified atom stereocenters. The minimum atomic E-state index is -1.54. The van der Waals surface area contributed by atoms with Crippen molar-refractivity contribution in [2.24, 2.45) is 0 Å². The van der Waals surface area contributed by atoms with Crippen molar-refractivity contribution in [3.8, 4) is 0 Å². The molecule has 0 atom stereocenters. The third-order valence-electron chi connectivity index (χ3n) is 6.75. The van der Waals surface area contributed by atoms with Crippen molar-refractivity contribution in [1.29, 1.82) is 0 Å². The van der Waals surface area contributed by atoms with Gasteiger partial charge in [-0.2, -0.15) is 0 Å². The molecule has 0 aliphatic carbocycles. The summed E-state index contributed by atoms with van der Waals surface area (Å²) in [5, 5.41) is 5.53. The number of benzene rings is 5. The number of hydrogen-bond donors (Lipinski definition) is 0. The molecule has 6 rings (SSSR count). The molecular formula is C32H28ClN2P2Si. The fraction of sp³-hybridized carbons (Fsp3) is 0.0625. The van der Waals surface area contributed by atoms with Gasteiger partial charge < -0.3 is 9.13 Å². The summed E-state index contributed by atoms with van der Waals surface area (Å²) in [4.78, 5) is 0. The highest BCUT2D eigenvalue weighted by atomic mass is 35.6. The van der Waals surface area contributed by atoms with E-state index in [0.29, 0.717) is 0 Å². The van der Waals surface area contributed by atoms with Crippen LogP contribution in [0.15, 0.2) is 146 Å². The van der Waals surface area contributed by atoms with E-state index in [0.717, 1.165) is 12.6 Å². The molecule has 0 N–H and O–H groups in total. The molecule has 5 aromatic carbocycles. The smallest absolute Gasteiger partial charge is 0.362 e. The zero-order chi connectivity index (χ0) is 25.7. The number of rotatable bonds is 8. The minimum absolute atomic E-state index is 0.594. The van der Waals surface area contributed by atoms with Gasteiger partial charge in [0.15, 0.2) is 0 Å². The highest BCUT2D eigenvalue weighted by Crippen LogP contribution is 2.47. The standard InChI is InChI=1S/C32H28ClN2P2Si/c33-38-34(25-36(27-15-5-1-6-16-27)28-17-7-2-8-18-28)31-23-13-14-24-32(31)35(38)26-37(29-19-9-3-10-20-29)30-21-11-4-12-22-30/h1-24H,25-26H2. The van der Waals surface area contributed by atoms with Crippen LogP contribution in [0, 0.1) is 0 Å². The fourth-order valence-electron chi connectivity index (χ4n) is 4.87. The largest absolute Gasteiger partial charge is 0.415 e. The lowest BCUT2D eigenvalue weighted by Crippen LogP contribution is -2.46. The lowest BCUT2D eigenvalue weighted by molar-refractivity contribution is 1.26. The first-order valence-corrected chi connectivity index (χ1v) is 18.2. The lowest BCUT2D eigenvalue weighted by atomic mass is 10.2. The molecule has 1 aliphatic rings. The molecule has 6 heteroatoms. The van der Waals surface area contributed by atoms with E-state index in [2.05, 4.69) is 155 Å². The monoisotopic (exact) mass is 565 g/mol. The third-order valence-corrected chi connectivity index (χ3v) is 15.0. The maximum absolute atomic E-state index is 7.52. The molecule has 0 spiro atoms. The van der Waals surface area contributed by atoms with Crippen molar-refractivity contribution < 1.29 is 0 Å². The van der Waals surface area contributed by atoms with Gasteiger partial charge in [0, 0.05) is 12.6 Å². The van der Waals surface area contributed by atoms with E-state index in [1.54, 1.807) is 0 Å². The Morgan fingerprint density at radius 3 is 0.974 bits per heavy atom. The molecule has 1 radical (unpaired) electrons. The molecule has 0 fully saturated rings. The Balaban J connectivity index is 1.36. The van der Waals surface area contributed by atoms with Crippen molar-refractivity contribution in [2.45, 2.75) is 0 Å². The molecule has 0 saturated heterocycles. The van der Waals surface area contributed by atoms with Gasteiger partial charge in [-0.15, -0.1) is 11.1 Å². The number of para-hydroxylation sites is 2. The van der Waals surface area contributed by atoms with Gasteiger partial charge in [-0.3, -0.25) is 0 Å². The van der Waals surface area contributed by atoms with E-state index in [-0.39, 0.29) is 0 Å². The van der Waals surface area contributed by atoms with Crippen LogP contribution >= 0.6 is 26.9 Å². The second-order valence-corrected chi connectivity index (χ2v) is 16.1. The second-order valence-electron chi connectivity index (χ2n) is 9.09. The van der Waals surface area contributed by atoms with E-state index in [1.807, 2.05) is 0 Å². The number of halogens is 1. The Bertz CT molecular complexity index is 1270. The van der Waals surface area contributed by atoms with Crippen LogP contribution in [0.4, 0.5) is 11.4 Å². The van der Waals surface area contributed by atoms with Crippen LogP contribution in [0.1, 0.15) is 0 Å². The Hall–Kier alpha value is -2.93. The average molecular weight is 566 g/mol. The number of fused-ring (bicyclic) bond motifs is 1. The Labute approximate surface area is 234 Å². The molecule has 38 heavy (non-hydrogen) atoms. The van der Waals surface area contributed by atoms with Crippen LogP contribution in [0.5, 0.6) is 0 Å². The Morgan fingerprint density at radius 2 is 0.684 bits per heavy atom. The van der Waals surface area contributed by atoms with Gasteiger partial charge in [0.1, 0.15) is 0 Å². The molecule has 0 saturated carbocycles. The number of nitrogens with zero attached hydrogens (tertiary/aromatic N) is 2. The summed E-state index contributed by atoms with van der Waals surface area (Å²) in [6.45, 7) is 0. The van der Waals surface area contributed by atoms with E-state index in [9.17, 15) is 0 Å². The third kappa shape index (κ3) is 5.30. The Morgan fingerprint density at radius 1 is 0.421 bits per heavy atom. The highest BCUT2D eigenvalue weighted by Gasteiger charge is 2.40. The summed E-state index contributed by atoms with van der Waals surface area (Å²) in [6, 6.07) is 52.5. The topological polar surface area (TPSA) is 6.48 Å². The summed E-state index contributed by atoms with van der Waals surface area (Å²) in [6.07, 6.45) is 1.81. The SMILES string of the molecule is Cl[Si]1N(CP(c2ccccc2)c2ccccc2)c2ccccc2N1CP(c1ccccc1)c1ccccc1. The summed E-state index contributed by atoms with van der Waals surface area (Å²) in [5.74, 6) is 0. The highest BCUT2D eigenvalue weighted by molar-refractivity contribution is 7.73. The summed E-state index contributed by atoms with van der Waals surface area (Å²) in [5.41, 5.74) is 2.51. The van der Waals surface area contributed by atoms with Gasteiger partial charge in [-0.25, -0.2) is 0 Å². The molecular weight excluding hydrogens is 538 g/mol. The van der Waals surface area contributed by atoms with Gasteiger partial charge in [-0.05, 0) is 49.2 Å². The lowest BCUT2D eigenvalue weighted by Gasteiger charge is -2.31. The summed E-state index contributed by atoms with van der Waals surface area (Å²) < 4.78 is 5.02. The second kappa shape index (κ2) is 11.8. The maximum Gasteiger partial charge on any atom is 0.415 e. The van der Waals surface area contributed by atoms with Crippen molar-refractivity contribution in [2.75, 3.05) is 21.7 Å². The molecule has 5 aromatic rings. The van der Waals surface area contributed by atoms with Crippen LogP contribution in [0.25, 0.3) is 0 Å². The molecule has 1 aliphatic heterocycles. The Kier molecular flexibility index (Phi) is 7.91. The van der Waals surface area contributed by atoms with Crippen LogP contribution in [0.3, 0.4) is 0 Å². The van der Waals surface area contributed by atoms with E-state index in [1.165, 1.54) is 32.6 Å². The first-order valence-electron chi connectivity index (χ1n) is 12.7.